The van der Waals surface area contributed by atoms with Crippen molar-refractivity contribution in [3.63, 3.8) is 0 Å². The van der Waals surface area contributed by atoms with Gasteiger partial charge in [-0.1, -0.05) is 19.8 Å². The van der Waals surface area contributed by atoms with E-state index in [1.165, 1.54) is 25.7 Å². The van der Waals surface area contributed by atoms with Crippen LogP contribution in [0.2, 0.25) is 0 Å². The van der Waals surface area contributed by atoms with E-state index in [1.807, 2.05) is 0 Å². The van der Waals surface area contributed by atoms with E-state index in [2.05, 4.69) is 12.2 Å². The predicted molar refractivity (Wildman–Crippen MR) is 74.1 cm³/mol. The second-order valence-corrected chi connectivity index (χ2v) is 6.42. The minimum absolute atomic E-state index is 0.272. The molecule has 0 heterocycles. The SMILES string of the molecule is CC1CCCCC1NC(=O)CC1CCC(N)CC1. The lowest BCUT2D eigenvalue weighted by Gasteiger charge is -2.31. The maximum atomic E-state index is 12.1. The van der Waals surface area contributed by atoms with Crippen molar-refractivity contribution in [3.05, 3.63) is 0 Å². The second-order valence-electron chi connectivity index (χ2n) is 6.42. The Balaban J connectivity index is 1.71. The number of carbonyl (C=O) groups is 1. The van der Waals surface area contributed by atoms with Crippen LogP contribution in [-0.2, 0) is 4.79 Å². The Hall–Kier alpha value is -0.570. The molecule has 2 aliphatic carbocycles. The number of nitrogens with one attached hydrogen (secondary N) is 1. The van der Waals surface area contributed by atoms with E-state index < -0.39 is 0 Å². The van der Waals surface area contributed by atoms with Crippen LogP contribution < -0.4 is 11.1 Å². The van der Waals surface area contributed by atoms with Crippen molar-refractivity contribution in [3.8, 4) is 0 Å². The van der Waals surface area contributed by atoms with Gasteiger partial charge in [-0.15, -0.1) is 0 Å². The highest BCUT2D eigenvalue weighted by Crippen LogP contribution is 2.27. The van der Waals surface area contributed by atoms with E-state index >= 15 is 0 Å². The van der Waals surface area contributed by atoms with Crippen molar-refractivity contribution in [1.29, 1.82) is 0 Å². The maximum Gasteiger partial charge on any atom is 0.220 e. The van der Waals surface area contributed by atoms with Gasteiger partial charge in [-0.2, -0.15) is 0 Å². The summed E-state index contributed by atoms with van der Waals surface area (Å²) in [6.45, 7) is 2.27. The van der Waals surface area contributed by atoms with Gasteiger partial charge in [0.15, 0.2) is 0 Å². The Bertz CT molecular complexity index is 272. The van der Waals surface area contributed by atoms with Crippen molar-refractivity contribution in [2.45, 2.75) is 76.8 Å². The van der Waals surface area contributed by atoms with Crippen LogP contribution in [0.1, 0.15) is 64.7 Å². The largest absolute Gasteiger partial charge is 0.353 e. The van der Waals surface area contributed by atoms with Crippen molar-refractivity contribution in [2.24, 2.45) is 17.6 Å². The van der Waals surface area contributed by atoms with Crippen molar-refractivity contribution in [1.82, 2.24) is 5.32 Å². The van der Waals surface area contributed by atoms with Gasteiger partial charge in [-0.05, 0) is 50.4 Å². The van der Waals surface area contributed by atoms with E-state index in [4.69, 9.17) is 5.73 Å². The summed E-state index contributed by atoms with van der Waals surface area (Å²) in [5.74, 6) is 1.50. The Labute approximate surface area is 111 Å². The van der Waals surface area contributed by atoms with Gasteiger partial charge in [0, 0.05) is 18.5 Å². The van der Waals surface area contributed by atoms with Gasteiger partial charge < -0.3 is 11.1 Å². The number of amides is 1. The van der Waals surface area contributed by atoms with Crippen LogP contribution in [0.15, 0.2) is 0 Å². The molecule has 2 unspecified atom stereocenters. The van der Waals surface area contributed by atoms with Crippen LogP contribution in [0.3, 0.4) is 0 Å². The summed E-state index contributed by atoms with van der Waals surface area (Å²) in [6, 6.07) is 0.805. The van der Waals surface area contributed by atoms with Crippen molar-refractivity contribution >= 4 is 5.91 Å². The third-order valence-electron chi connectivity index (χ3n) is 4.82. The fraction of sp³-hybridized carbons (Fsp3) is 0.933. The maximum absolute atomic E-state index is 12.1. The second kappa shape index (κ2) is 6.55. The lowest BCUT2D eigenvalue weighted by Crippen LogP contribution is -2.42. The van der Waals surface area contributed by atoms with Gasteiger partial charge >= 0.3 is 0 Å². The van der Waals surface area contributed by atoms with Crippen LogP contribution >= 0.6 is 0 Å². The quantitative estimate of drug-likeness (QED) is 0.811. The molecule has 0 aromatic carbocycles. The third kappa shape index (κ3) is 3.98. The van der Waals surface area contributed by atoms with Gasteiger partial charge in [0.25, 0.3) is 0 Å². The first kappa shape index (κ1) is 13.9. The van der Waals surface area contributed by atoms with Crippen LogP contribution in [0, 0.1) is 11.8 Å². The Morgan fingerprint density at radius 3 is 2.44 bits per heavy atom. The standard InChI is InChI=1S/C15H28N2O/c1-11-4-2-3-5-14(11)17-15(18)10-12-6-8-13(16)9-7-12/h11-14H,2-10,16H2,1H3,(H,17,18). The first-order chi connectivity index (χ1) is 8.65. The normalized spacial score (nSPS) is 37.2. The first-order valence-corrected chi connectivity index (χ1v) is 7.70. The Morgan fingerprint density at radius 2 is 1.78 bits per heavy atom. The Kier molecular flexibility index (Phi) is 5.04. The average Bonchev–Trinajstić information content (AvgIpc) is 2.35. The lowest BCUT2D eigenvalue weighted by atomic mass is 9.83. The molecule has 2 atom stereocenters. The lowest BCUT2D eigenvalue weighted by molar-refractivity contribution is -0.123. The summed E-state index contributed by atoms with van der Waals surface area (Å²) in [7, 11) is 0. The summed E-state index contributed by atoms with van der Waals surface area (Å²) in [6.07, 6.45) is 10.2. The zero-order chi connectivity index (χ0) is 13.0. The highest BCUT2D eigenvalue weighted by Gasteiger charge is 2.25. The van der Waals surface area contributed by atoms with Crippen LogP contribution in [0.25, 0.3) is 0 Å². The average molecular weight is 252 g/mol. The number of carbonyl (C=O) groups excluding carboxylic acids is 1. The molecule has 104 valence electrons. The molecule has 0 aromatic heterocycles. The molecule has 0 saturated heterocycles. The van der Waals surface area contributed by atoms with Gasteiger partial charge in [-0.25, -0.2) is 0 Å². The smallest absolute Gasteiger partial charge is 0.220 e. The number of nitrogens with two attached hydrogens (primary N) is 1. The summed E-state index contributed by atoms with van der Waals surface area (Å²) < 4.78 is 0. The van der Waals surface area contributed by atoms with E-state index in [0.29, 0.717) is 23.9 Å². The minimum Gasteiger partial charge on any atom is -0.353 e. The van der Waals surface area contributed by atoms with E-state index in [1.54, 1.807) is 0 Å². The van der Waals surface area contributed by atoms with E-state index in [9.17, 15) is 4.79 Å². The molecular formula is C15H28N2O. The van der Waals surface area contributed by atoms with Gasteiger partial charge in [0.1, 0.15) is 0 Å². The zero-order valence-corrected chi connectivity index (χ0v) is 11.7. The zero-order valence-electron chi connectivity index (χ0n) is 11.7. The molecule has 2 rings (SSSR count). The van der Waals surface area contributed by atoms with Crippen molar-refractivity contribution in [2.75, 3.05) is 0 Å². The monoisotopic (exact) mass is 252 g/mol. The predicted octanol–water partition coefficient (Wildman–Crippen LogP) is 2.59. The molecule has 0 radical (unpaired) electrons. The summed E-state index contributed by atoms with van der Waals surface area (Å²) in [5, 5.41) is 3.26. The molecule has 0 aliphatic heterocycles. The molecule has 0 spiro atoms. The molecule has 18 heavy (non-hydrogen) atoms. The van der Waals surface area contributed by atoms with Gasteiger partial charge in [0.05, 0.1) is 0 Å². The highest BCUT2D eigenvalue weighted by atomic mass is 16.1. The number of hydrogen-bond donors (Lipinski definition) is 2. The van der Waals surface area contributed by atoms with E-state index in [0.717, 1.165) is 32.1 Å². The van der Waals surface area contributed by atoms with Gasteiger partial charge in [-0.3, -0.25) is 4.79 Å². The molecule has 1 amide bonds. The minimum atomic E-state index is 0.272. The molecule has 3 nitrogen and oxygen atoms in total. The summed E-state index contributed by atoms with van der Waals surface area (Å²) in [5.41, 5.74) is 5.89. The topological polar surface area (TPSA) is 55.1 Å². The third-order valence-corrected chi connectivity index (χ3v) is 4.82. The summed E-state index contributed by atoms with van der Waals surface area (Å²) in [4.78, 5) is 12.1. The molecule has 2 fully saturated rings. The molecule has 2 saturated carbocycles. The molecule has 3 heteroatoms. The fourth-order valence-electron chi connectivity index (χ4n) is 3.45. The van der Waals surface area contributed by atoms with Crippen LogP contribution in [0.5, 0.6) is 0 Å². The van der Waals surface area contributed by atoms with Crippen LogP contribution in [-0.4, -0.2) is 18.0 Å². The molecule has 0 bridgehead atoms. The van der Waals surface area contributed by atoms with Crippen molar-refractivity contribution < 1.29 is 4.79 Å². The van der Waals surface area contributed by atoms with Crippen LogP contribution in [0.4, 0.5) is 0 Å². The molecule has 2 aliphatic rings. The first-order valence-electron chi connectivity index (χ1n) is 7.70. The number of hydrogen-bond acceptors (Lipinski definition) is 2. The van der Waals surface area contributed by atoms with Gasteiger partial charge in [0.2, 0.25) is 5.91 Å². The molecule has 3 N–H and O–H groups in total. The Morgan fingerprint density at radius 1 is 1.11 bits per heavy atom. The molecule has 0 aromatic rings. The van der Waals surface area contributed by atoms with E-state index in [-0.39, 0.29) is 5.91 Å². The summed E-state index contributed by atoms with van der Waals surface area (Å²) >= 11 is 0. The molecular weight excluding hydrogens is 224 g/mol. The fourth-order valence-corrected chi connectivity index (χ4v) is 3.45. The highest BCUT2D eigenvalue weighted by molar-refractivity contribution is 5.76. The number of rotatable bonds is 3.